The fourth-order valence-electron chi connectivity index (χ4n) is 2.74. The van der Waals surface area contributed by atoms with Gasteiger partial charge >= 0.3 is 0 Å². The molecule has 0 saturated heterocycles. The Balaban J connectivity index is 1.96. The van der Waals surface area contributed by atoms with Crippen LogP contribution in [-0.4, -0.2) is 22.8 Å². The van der Waals surface area contributed by atoms with Crippen molar-refractivity contribution in [1.82, 2.24) is 9.55 Å². The van der Waals surface area contributed by atoms with Crippen LogP contribution in [0, 0.1) is 6.92 Å². The Hall–Kier alpha value is -2.34. The molecule has 1 aliphatic rings. The maximum absolute atomic E-state index is 12.9. The molecule has 0 amide bonds. The number of hydrogen-bond donors (Lipinski definition) is 0. The summed E-state index contributed by atoms with van der Waals surface area (Å²) < 4.78 is 13.6. The second kappa shape index (κ2) is 5.38. The van der Waals surface area contributed by atoms with E-state index in [0.29, 0.717) is 47.1 Å². The zero-order valence-corrected chi connectivity index (χ0v) is 14.0. The highest BCUT2D eigenvalue weighted by molar-refractivity contribution is 9.10. The standard InChI is InChI=1S/C17H13BrN2O3/c1-10-19-14-4-2-11(18)8-13(14)17(21)20(10)12-3-5-15-16(9-12)23-7-6-22-15/h2-5,8-9H,6-7H2,1H3. The summed E-state index contributed by atoms with van der Waals surface area (Å²) >= 11 is 3.40. The van der Waals surface area contributed by atoms with Crippen molar-refractivity contribution in [3.63, 3.8) is 0 Å². The second-order valence-corrected chi connectivity index (χ2v) is 6.20. The smallest absolute Gasteiger partial charge is 0.266 e. The molecule has 0 bridgehead atoms. The molecule has 2 aromatic carbocycles. The quantitative estimate of drug-likeness (QED) is 0.657. The first-order valence-electron chi connectivity index (χ1n) is 7.22. The molecule has 116 valence electrons. The summed E-state index contributed by atoms with van der Waals surface area (Å²) in [4.78, 5) is 17.4. The van der Waals surface area contributed by atoms with E-state index in [-0.39, 0.29) is 5.56 Å². The lowest BCUT2D eigenvalue weighted by atomic mass is 10.2. The number of rotatable bonds is 1. The Morgan fingerprint density at radius 1 is 1.09 bits per heavy atom. The second-order valence-electron chi connectivity index (χ2n) is 5.29. The van der Waals surface area contributed by atoms with E-state index in [9.17, 15) is 4.79 Å². The fraction of sp³-hybridized carbons (Fsp3) is 0.176. The lowest BCUT2D eigenvalue weighted by Gasteiger charge is -2.19. The number of aryl methyl sites for hydroxylation is 1. The molecule has 1 aromatic heterocycles. The van der Waals surface area contributed by atoms with E-state index in [1.807, 2.05) is 37.3 Å². The minimum absolute atomic E-state index is 0.106. The lowest BCUT2D eigenvalue weighted by Crippen LogP contribution is -2.23. The van der Waals surface area contributed by atoms with E-state index in [0.717, 1.165) is 4.47 Å². The van der Waals surface area contributed by atoms with Crippen LogP contribution in [-0.2, 0) is 0 Å². The molecular weight excluding hydrogens is 360 g/mol. The number of aromatic nitrogens is 2. The molecule has 23 heavy (non-hydrogen) atoms. The maximum Gasteiger partial charge on any atom is 0.266 e. The third-order valence-corrected chi connectivity index (χ3v) is 4.28. The number of hydrogen-bond acceptors (Lipinski definition) is 4. The van der Waals surface area contributed by atoms with Crippen LogP contribution >= 0.6 is 15.9 Å². The largest absolute Gasteiger partial charge is 0.486 e. The average Bonchev–Trinajstić information content (AvgIpc) is 2.56. The van der Waals surface area contributed by atoms with Crippen molar-refractivity contribution in [2.24, 2.45) is 0 Å². The van der Waals surface area contributed by atoms with Gasteiger partial charge in [-0.3, -0.25) is 9.36 Å². The minimum atomic E-state index is -0.106. The van der Waals surface area contributed by atoms with Gasteiger partial charge in [-0.2, -0.15) is 0 Å². The molecule has 0 unspecified atom stereocenters. The van der Waals surface area contributed by atoms with Crippen molar-refractivity contribution in [2.75, 3.05) is 13.2 Å². The third kappa shape index (κ3) is 2.39. The number of benzene rings is 2. The van der Waals surface area contributed by atoms with Crippen LogP contribution in [0.25, 0.3) is 16.6 Å². The van der Waals surface area contributed by atoms with E-state index >= 15 is 0 Å². The first-order chi connectivity index (χ1) is 11.1. The molecule has 0 spiro atoms. The molecular formula is C17H13BrN2O3. The Kier molecular flexibility index (Phi) is 3.34. The minimum Gasteiger partial charge on any atom is -0.486 e. The van der Waals surface area contributed by atoms with Gasteiger partial charge in [-0.05, 0) is 37.3 Å². The Morgan fingerprint density at radius 2 is 1.87 bits per heavy atom. The molecule has 0 saturated carbocycles. The van der Waals surface area contributed by atoms with Gasteiger partial charge in [-0.1, -0.05) is 15.9 Å². The van der Waals surface area contributed by atoms with Crippen LogP contribution in [0.15, 0.2) is 45.7 Å². The van der Waals surface area contributed by atoms with Crippen LogP contribution in [0.5, 0.6) is 11.5 Å². The van der Waals surface area contributed by atoms with Crippen molar-refractivity contribution in [1.29, 1.82) is 0 Å². The van der Waals surface area contributed by atoms with E-state index in [4.69, 9.17) is 9.47 Å². The number of nitrogens with zero attached hydrogens (tertiary/aromatic N) is 2. The molecule has 3 aromatic rings. The molecule has 0 N–H and O–H groups in total. The molecule has 6 heteroatoms. The van der Waals surface area contributed by atoms with Crippen LogP contribution in [0.1, 0.15) is 5.82 Å². The van der Waals surface area contributed by atoms with E-state index in [1.165, 1.54) is 0 Å². The number of halogens is 1. The number of fused-ring (bicyclic) bond motifs is 2. The predicted molar refractivity (Wildman–Crippen MR) is 90.8 cm³/mol. The summed E-state index contributed by atoms with van der Waals surface area (Å²) in [5.41, 5.74) is 1.29. The van der Waals surface area contributed by atoms with Crippen molar-refractivity contribution in [3.8, 4) is 17.2 Å². The van der Waals surface area contributed by atoms with Crippen molar-refractivity contribution in [3.05, 3.63) is 57.0 Å². The van der Waals surface area contributed by atoms with Gasteiger partial charge in [-0.25, -0.2) is 4.98 Å². The Morgan fingerprint density at radius 3 is 2.70 bits per heavy atom. The van der Waals surface area contributed by atoms with Crippen LogP contribution in [0.2, 0.25) is 0 Å². The van der Waals surface area contributed by atoms with Gasteiger partial charge < -0.3 is 9.47 Å². The molecule has 0 aliphatic carbocycles. The highest BCUT2D eigenvalue weighted by Crippen LogP contribution is 2.32. The molecule has 1 aliphatic heterocycles. The van der Waals surface area contributed by atoms with Crippen molar-refractivity contribution >= 4 is 26.8 Å². The van der Waals surface area contributed by atoms with Gasteiger partial charge in [0.05, 0.1) is 16.6 Å². The summed E-state index contributed by atoms with van der Waals surface area (Å²) in [6, 6.07) is 11.0. The van der Waals surface area contributed by atoms with E-state index in [2.05, 4.69) is 20.9 Å². The summed E-state index contributed by atoms with van der Waals surface area (Å²) in [6.07, 6.45) is 0. The predicted octanol–water partition coefficient (Wildman–Crippen LogP) is 3.23. The Bertz CT molecular complexity index is 981. The number of ether oxygens (including phenoxy) is 2. The highest BCUT2D eigenvalue weighted by atomic mass is 79.9. The average molecular weight is 373 g/mol. The maximum atomic E-state index is 12.9. The lowest BCUT2D eigenvalue weighted by molar-refractivity contribution is 0.171. The monoisotopic (exact) mass is 372 g/mol. The van der Waals surface area contributed by atoms with Crippen LogP contribution in [0.4, 0.5) is 0 Å². The molecule has 0 fully saturated rings. The summed E-state index contributed by atoms with van der Waals surface area (Å²) in [7, 11) is 0. The van der Waals surface area contributed by atoms with Gasteiger partial charge in [0, 0.05) is 10.5 Å². The van der Waals surface area contributed by atoms with E-state index in [1.54, 1.807) is 10.6 Å². The zero-order chi connectivity index (χ0) is 16.0. The van der Waals surface area contributed by atoms with E-state index < -0.39 is 0 Å². The summed E-state index contributed by atoms with van der Waals surface area (Å²) in [5, 5.41) is 0.569. The SMILES string of the molecule is Cc1nc2ccc(Br)cc2c(=O)n1-c1ccc2c(c1)OCCO2. The molecule has 0 atom stereocenters. The van der Waals surface area contributed by atoms with Crippen molar-refractivity contribution in [2.45, 2.75) is 6.92 Å². The fourth-order valence-corrected chi connectivity index (χ4v) is 3.11. The molecule has 0 radical (unpaired) electrons. The normalized spacial score (nSPS) is 13.3. The summed E-state index contributed by atoms with van der Waals surface area (Å²) in [5.74, 6) is 1.97. The van der Waals surface area contributed by atoms with Gasteiger partial charge in [0.2, 0.25) is 0 Å². The Labute approximate surface area is 140 Å². The van der Waals surface area contributed by atoms with Gasteiger partial charge in [0.15, 0.2) is 11.5 Å². The highest BCUT2D eigenvalue weighted by Gasteiger charge is 2.15. The van der Waals surface area contributed by atoms with Crippen molar-refractivity contribution < 1.29 is 9.47 Å². The van der Waals surface area contributed by atoms with Crippen LogP contribution < -0.4 is 15.0 Å². The van der Waals surface area contributed by atoms with Gasteiger partial charge in [0.25, 0.3) is 5.56 Å². The molecule has 4 rings (SSSR count). The summed E-state index contributed by atoms with van der Waals surface area (Å²) in [6.45, 7) is 2.86. The molecule has 2 heterocycles. The zero-order valence-electron chi connectivity index (χ0n) is 12.4. The topological polar surface area (TPSA) is 53.4 Å². The first kappa shape index (κ1) is 14.3. The molecule has 5 nitrogen and oxygen atoms in total. The van der Waals surface area contributed by atoms with Gasteiger partial charge in [0.1, 0.15) is 19.0 Å². The first-order valence-corrected chi connectivity index (χ1v) is 8.02. The third-order valence-electron chi connectivity index (χ3n) is 3.78. The van der Waals surface area contributed by atoms with Crippen LogP contribution in [0.3, 0.4) is 0 Å². The van der Waals surface area contributed by atoms with Gasteiger partial charge in [-0.15, -0.1) is 0 Å².